The van der Waals surface area contributed by atoms with Crippen molar-refractivity contribution in [3.05, 3.63) is 29.8 Å². The van der Waals surface area contributed by atoms with Crippen LogP contribution in [0.5, 0.6) is 5.75 Å². The van der Waals surface area contributed by atoms with E-state index in [0.29, 0.717) is 18.9 Å². The van der Waals surface area contributed by atoms with Gasteiger partial charge in [0.05, 0.1) is 13.0 Å². The number of rotatable bonds is 6. The van der Waals surface area contributed by atoms with E-state index >= 15 is 0 Å². The quantitative estimate of drug-likeness (QED) is 0.841. The predicted octanol–water partition coefficient (Wildman–Crippen LogP) is 3.10. The number of hydrogen-bond donors (Lipinski definition) is 1. The molecule has 3 nitrogen and oxygen atoms in total. The van der Waals surface area contributed by atoms with Gasteiger partial charge in [0.25, 0.3) is 0 Å². The summed E-state index contributed by atoms with van der Waals surface area (Å²) in [7, 11) is 0. The summed E-state index contributed by atoms with van der Waals surface area (Å²) in [6.07, 6.45) is 0.393. The van der Waals surface area contributed by atoms with E-state index in [9.17, 15) is 4.79 Å². The molecule has 0 spiro atoms. The van der Waals surface area contributed by atoms with Gasteiger partial charge in [0.2, 0.25) is 5.91 Å². The number of carbonyl (C=O) groups is 1. The molecule has 0 radical (unpaired) electrons. The van der Waals surface area contributed by atoms with E-state index in [1.807, 2.05) is 26.0 Å². The van der Waals surface area contributed by atoms with Crippen LogP contribution in [0.4, 0.5) is 0 Å². The molecule has 100 valence electrons. The Morgan fingerprint density at radius 1 is 1.17 bits per heavy atom. The first-order valence-corrected chi connectivity index (χ1v) is 6.51. The molecule has 0 unspecified atom stereocenters. The van der Waals surface area contributed by atoms with Gasteiger partial charge in [-0.05, 0) is 37.5 Å². The maximum atomic E-state index is 11.4. The second-order valence-corrected chi connectivity index (χ2v) is 5.04. The lowest BCUT2D eigenvalue weighted by Gasteiger charge is -2.10. The largest absolute Gasteiger partial charge is 0.493 e. The Kier molecular flexibility index (Phi) is 5.69. The Bertz CT molecular complexity index is 369. The number of ether oxygens (including phenoxy) is 1. The first-order chi connectivity index (χ1) is 8.49. The van der Waals surface area contributed by atoms with Crippen molar-refractivity contribution in [1.29, 1.82) is 0 Å². The molecule has 0 saturated carbocycles. The summed E-state index contributed by atoms with van der Waals surface area (Å²) in [4.78, 5) is 11.4. The molecule has 0 atom stereocenters. The summed E-state index contributed by atoms with van der Waals surface area (Å²) < 4.78 is 5.53. The Morgan fingerprint density at radius 3 is 2.28 bits per heavy atom. The van der Waals surface area contributed by atoms with Gasteiger partial charge in [0.1, 0.15) is 5.75 Å². The van der Waals surface area contributed by atoms with Crippen LogP contribution in [0.3, 0.4) is 0 Å². The molecule has 3 heteroatoms. The fourth-order valence-corrected chi connectivity index (χ4v) is 1.60. The molecule has 0 fully saturated rings. The zero-order valence-corrected chi connectivity index (χ0v) is 11.7. The number of hydrogen-bond acceptors (Lipinski definition) is 2. The molecule has 0 aromatic heterocycles. The number of carbonyl (C=O) groups excluding carboxylic acids is 1. The van der Waals surface area contributed by atoms with Crippen LogP contribution in [-0.2, 0) is 4.79 Å². The lowest BCUT2D eigenvalue weighted by Crippen LogP contribution is -2.31. The fourth-order valence-electron chi connectivity index (χ4n) is 1.60. The number of nitrogens with one attached hydrogen (secondary N) is 1. The number of amides is 1. The van der Waals surface area contributed by atoms with Crippen LogP contribution in [0.1, 0.15) is 45.6 Å². The second kappa shape index (κ2) is 7.04. The normalized spacial score (nSPS) is 10.8. The van der Waals surface area contributed by atoms with Gasteiger partial charge in [-0.1, -0.05) is 26.0 Å². The van der Waals surface area contributed by atoms with Gasteiger partial charge < -0.3 is 10.1 Å². The van der Waals surface area contributed by atoms with Crippen molar-refractivity contribution in [2.24, 2.45) is 0 Å². The monoisotopic (exact) mass is 249 g/mol. The molecule has 0 heterocycles. The van der Waals surface area contributed by atoms with Gasteiger partial charge in [-0.15, -0.1) is 0 Å². The van der Waals surface area contributed by atoms with Crippen LogP contribution in [0.25, 0.3) is 0 Å². The van der Waals surface area contributed by atoms with E-state index in [1.165, 1.54) is 5.56 Å². The number of benzene rings is 1. The second-order valence-electron chi connectivity index (χ2n) is 5.04. The van der Waals surface area contributed by atoms with Crippen LogP contribution in [0.15, 0.2) is 24.3 Å². The first-order valence-electron chi connectivity index (χ1n) is 6.51. The summed E-state index contributed by atoms with van der Waals surface area (Å²) in [5.41, 5.74) is 1.29. The highest BCUT2D eigenvalue weighted by molar-refractivity contribution is 5.76. The molecule has 0 bridgehead atoms. The van der Waals surface area contributed by atoms with Gasteiger partial charge in [0.15, 0.2) is 0 Å². The van der Waals surface area contributed by atoms with E-state index in [4.69, 9.17) is 4.74 Å². The predicted molar refractivity (Wildman–Crippen MR) is 73.9 cm³/mol. The van der Waals surface area contributed by atoms with Crippen molar-refractivity contribution in [1.82, 2.24) is 5.32 Å². The van der Waals surface area contributed by atoms with E-state index in [1.54, 1.807) is 0 Å². The molecule has 0 aliphatic heterocycles. The van der Waals surface area contributed by atoms with E-state index in [0.717, 1.165) is 5.75 Å². The standard InChI is InChI=1S/C15H23NO2/c1-11(2)13-5-7-14(8-6-13)18-10-9-15(17)16-12(3)4/h5-8,11-12H,9-10H2,1-4H3,(H,16,17). The molecular weight excluding hydrogens is 226 g/mol. The molecular formula is C15H23NO2. The van der Waals surface area contributed by atoms with Crippen molar-refractivity contribution in [2.45, 2.75) is 46.1 Å². The van der Waals surface area contributed by atoms with E-state index in [2.05, 4.69) is 31.3 Å². The molecule has 1 aromatic carbocycles. The van der Waals surface area contributed by atoms with Crippen molar-refractivity contribution in [3.8, 4) is 5.75 Å². The van der Waals surface area contributed by atoms with Crippen molar-refractivity contribution >= 4 is 5.91 Å². The fraction of sp³-hybridized carbons (Fsp3) is 0.533. The lowest BCUT2D eigenvalue weighted by atomic mass is 10.0. The zero-order chi connectivity index (χ0) is 13.5. The molecule has 1 aromatic rings. The Morgan fingerprint density at radius 2 is 1.78 bits per heavy atom. The molecule has 1 amide bonds. The van der Waals surface area contributed by atoms with Gasteiger partial charge in [-0.25, -0.2) is 0 Å². The Balaban J connectivity index is 2.33. The summed E-state index contributed by atoms with van der Waals surface area (Å²) in [5, 5.41) is 2.83. The first kappa shape index (κ1) is 14.6. The highest BCUT2D eigenvalue weighted by atomic mass is 16.5. The lowest BCUT2D eigenvalue weighted by molar-refractivity contribution is -0.122. The van der Waals surface area contributed by atoms with Crippen molar-refractivity contribution < 1.29 is 9.53 Å². The zero-order valence-electron chi connectivity index (χ0n) is 11.7. The van der Waals surface area contributed by atoms with Gasteiger partial charge in [0, 0.05) is 6.04 Å². The highest BCUT2D eigenvalue weighted by Gasteiger charge is 2.04. The molecule has 18 heavy (non-hydrogen) atoms. The third-order valence-electron chi connectivity index (χ3n) is 2.59. The molecule has 0 aliphatic carbocycles. The third-order valence-corrected chi connectivity index (χ3v) is 2.59. The van der Waals surface area contributed by atoms with E-state index in [-0.39, 0.29) is 11.9 Å². The molecule has 1 rings (SSSR count). The van der Waals surface area contributed by atoms with Crippen molar-refractivity contribution in [3.63, 3.8) is 0 Å². The van der Waals surface area contributed by atoms with E-state index < -0.39 is 0 Å². The minimum atomic E-state index is 0.0313. The average molecular weight is 249 g/mol. The van der Waals surface area contributed by atoms with Crippen LogP contribution in [-0.4, -0.2) is 18.6 Å². The summed E-state index contributed by atoms with van der Waals surface area (Å²) in [5.74, 6) is 1.37. The van der Waals surface area contributed by atoms with Crippen LogP contribution >= 0.6 is 0 Å². The summed E-state index contributed by atoms with van der Waals surface area (Å²) in [6.45, 7) is 8.63. The summed E-state index contributed by atoms with van der Waals surface area (Å²) in [6, 6.07) is 8.22. The van der Waals surface area contributed by atoms with Crippen LogP contribution < -0.4 is 10.1 Å². The topological polar surface area (TPSA) is 38.3 Å². The van der Waals surface area contributed by atoms with Crippen LogP contribution in [0.2, 0.25) is 0 Å². The maximum absolute atomic E-state index is 11.4. The molecule has 0 saturated heterocycles. The Labute approximate surface area is 110 Å². The SMILES string of the molecule is CC(C)NC(=O)CCOc1ccc(C(C)C)cc1. The van der Waals surface area contributed by atoms with Gasteiger partial charge in [-0.3, -0.25) is 4.79 Å². The molecule has 0 aliphatic rings. The third kappa shape index (κ3) is 5.21. The minimum absolute atomic E-state index is 0.0313. The van der Waals surface area contributed by atoms with Gasteiger partial charge >= 0.3 is 0 Å². The van der Waals surface area contributed by atoms with Gasteiger partial charge in [-0.2, -0.15) is 0 Å². The van der Waals surface area contributed by atoms with Crippen LogP contribution in [0, 0.1) is 0 Å². The highest BCUT2D eigenvalue weighted by Crippen LogP contribution is 2.18. The van der Waals surface area contributed by atoms with Crippen molar-refractivity contribution in [2.75, 3.05) is 6.61 Å². The smallest absolute Gasteiger partial charge is 0.223 e. The average Bonchev–Trinajstić information content (AvgIpc) is 2.28. The maximum Gasteiger partial charge on any atom is 0.223 e. The Hall–Kier alpha value is -1.51. The summed E-state index contributed by atoms with van der Waals surface area (Å²) >= 11 is 0. The minimum Gasteiger partial charge on any atom is -0.493 e. The molecule has 1 N–H and O–H groups in total.